The Balaban J connectivity index is 1.29. The minimum absolute atomic E-state index is 0.0225. The van der Waals surface area contributed by atoms with Crippen molar-refractivity contribution in [2.24, 2.45) is 5.41 Å². The van der Waals surface area contributed by atoms with Crippen LogP contribution in [0.4, 0.5) is 4.39 Å². The van der Waals surface area contributed by atoms with Gasteiger partial charge in [0.2, 0.25) is 5.91 Å². The number of hydrogen-bond acceptors (Lipinski definition) is 3. The van der Waals surface area contributed by atoms with E-state index in [4.69, 9.17) is 4.74 Å². The molecule has 4 rings (SSSR count). The molecule has 28 heavy (non-hydrogen) atoms. The molecule has 5 nitrogen and oxygen atoms in total. The molecule has 1 aromatic rings. The van der Waals surface area contributed by atoms with Crippen LogP contribution in [0.15, 0.2) is 24.3 Å². The molecule has 0 atom stereocenters. The Morgan fingerprint density at radius 3 is 2.46 bits per heavy atom. The summed E-state index contributed by atoms with van der Waals surface area (Å²) in [6.07, 6.45) is 8.26. The second kappa shape index (κ2) is 8.10. The highest BCUT2D eigenvalue weighted by Gasteiger charge is 2.43. The Kier molecular flexibility index (Phi) is 5.56. The summed E-state index contributed by atoms with van der Waals surface area (Å²) in [6.45, 7) is 2.28. The number of amides is 2. The lowest BCUT2D eigenvalue weighted by Crippen LogP contribution is -2.54. The second-order valence-corrected chi connectivity index (χ2v) is 8.58. The van der Waals surface area contributed by atoms with Crippen molar-refractivity contribution in [3.8, 4) is 5.75 Å². The van der Waals surface area contributed by atoms with E-state index in [9.17, 15) is 14.0 Å². The molecule has 2 saturated heterocycles. The van der Waals surface area contributed by atoms with Crippen LogP contribution in [0.25, 0.3) is 0 Å². The lowest BCUT2D eigenvalue weighted by atomic mass is 9.72. The van der Waals surface area contributed by atoms with E-state index in [0.717, 1.165) is 51.7 Å². The number of nitrogens with zero attached hydrogens (tertiary/aromatic N) is 2. The molecule has 0 N–H and O–H groups in total. The molecule has 0 bridgehead atoms. The molecule has 2 aliphatic heterocycles. The highest BCUT2D eigenvalue weighted by molar-refractivity contribution is 5.78. The van der Waals surface area contributed by atoms with Gasteiger partial charge in [-0.2, -0.15) is 0 Å². The van der Waals surface area contributed by atoms with E-state index in [1.165, 1.54) is 37.1 Å². The van der Waals surface area contributed by atoms with Crippen molar-refractivity contribution in [1.82, 2.24) is 9.80 Å². The van der Waals surface area contributed by atoms with E-state index in [-0.39, 0.29) is 23.7 Å². The molecule has 1 spiro atoms. The quantitative estimate of drug-likeness (QED) is 0.795. The Morgan fingerprint density at radius 1 is 1.11 bits per heavy atom. The monoisotopic (exact) mass is 388 g/mol. The zero-order valence-electron chi connectivity index (χ0n) is 16.4. The summed E-state index contributed by atoms with van der Waals surface area (Å²) < 4.78 is 18.4. The summed E-state index contributed by atoms with van der Waals surface area (Å²) in [5.41, 5.74) is 0.172. The fraction of sp³-hybridized carbons (Fsp3) is 0.636. The Hall–Kier alpha value is -2.11. The van der Waals surface area contributed by atoms with Crippen molar-refractivity contribution in [1.29, 1.82) is 0 Å². The van der Waals surface area contributed by atoms with Crippen LogP contribution in [0.1, 0.15) is 51.4 Å². The van der Waals surface area contributed by atoms with Gasteiger partial charge in [-0.15, -0.1) is 0 Å². The number of carbonyl (C=O) groups excluding carboxylic acids is 2. The maximum absolute atomic E-state index is 12.9. The summed E-state index contributed by atoms with van der Waals surface area (Å²) in [5, 5.41) is 0. The average molecular weight is 388 g/mol. The van der Waals surface area contributed by atoms with Crippen LogP contribution in [0.5, 0.6) is 5.75 Å². The van der Waals surface area contributed by atoms with Crippen LogP contribution < -0.4 is 4.74 Å². The van der Waals surface area contributed by atoms with Crippen LogP contribution in [0, 0.1) is 11.2 Å². The third-order valence-electron chi connectivity index (χ3n) is 6.81. The Morgan fingerprint density at radius 2 is 1.79 bits per heavy atom. The number of carbonyl (C=O) groups is 2. The van der Waals surface area contributed by atoms with Crippen molar-refractivity contribution in [2.45, 2.75) is 57.4 Å². The molecule has 1 saturated carbocycles. The summed E-state index contributed by atoms with van der Waals surface area (Å²) in [4.78, 5) is 29.0. The lowest BCUT2D eigenvalue weighted by molar-refractivity contribution is -0.145. The van der Waals surface area contributed by atoms with E-state index in [2.05, 4.69) is 4.90 Å². The van der Waals surface area contributed by atoms with Crippen LogP contribution >= 0.6 is 0 Å². The molecular weight excluding hydrogens is 359 g/mol. The van der Waals surface area contributed by atoms with E-state index >= 15 is 0 Å². The Labute approximate surface area is 165 Å². The summed E-state index contributed by atoms with van der Waals surface area (Å²) in [7, 11) is 0. The molecule has 3 fully saturated rings. The zero-order chi connectivity index (χ0) is 19.6. The van der Waals surface area contributed by atoms with Crippen LogP contribution in [-0.4, -0.2) is 53.9 Å². The van der Waals surface area contributed by atoms with Gasteiger partial charge in [0.05, 0.1) is 0 Å². The summed E-state index contributed by atoms with van der Waals surface area (Å²) in [6, 6.07) is 6.15. The van der Waals surface area contributed by atoms with Gasteiger partial charge in [-0.1, -0.05) is 12.8 Å². The third kappa shape index (κ3) is 4.15. The number of likely N-dealkylation sites (tertiary alicyclic amines) is 2. The summed E-state index contributed by atoms with van der Waals surface area (Å²) in [5.74, 6) is 0.473. The number of halogens is 1. The van der Waals surface area contributed by atoms with E-state index < -0.39 is 0 Å². The average Bonchev–Trinajstić information content (AvgIpc) is 3.25. The number of hydrogen-bond donors (Lipinski definition) is 0. The first kappa shape index (κ1) is 19.2. The molecular formula is C22H29FN2O3. The topological polar surface area (TPSA) is 49.9 Å². The zero-order valence-corrected chi connectivity index (χ0v) is 16.4. The second-order valence-electron chi connectivity index (χ2n) is 8.58. The van der Waals surface area contributed by atoms with Crippen LogP contribution in [0.2, 0.25) is 0 Å². The van der Waals surface area contributed by atoms with Gasteiger partial charge in [0.25, 0.3) is 5.91 Å². The molecule has 0 aromatic heterocycles. The largest absolute Gasteiger partial charge is 0.484 e. The van der Waals surface area contributed by atoms with Crippen LogP contribution in [-0.2, 0) is 9.59 Å². The predicted molar refractivity (Wildman–Crippen MR) is 103 cm³/mol. The molecule has 152 valence electrons. The SMILES string of the molecule is O=C(COc1ccc(F)cc1)N1CCC2(CCC(=O)N(C3CCCC3)C2)CC1. The fourth-order valence-electron chi connectivity index (χ4n) is 5.00. The molecule has 2 amide bonds. The predicted octanol–water partition coefficient (Wildman–Crippen LogP) is 3.38. The van der Waals surface area contributed by atoms with Gasteiger partial charge in [-0.25, -0.2) is 4.39 Å². The molecule has 0 unspecified atom stereocenters. The van der Waals surface area contributed by atoms with Crippen molar-refractivity contribution >= 4 is 11.8 Å². The lowest BCUT2D eigenvalue weighted by Gasteiger charge is -2.49. The van der Waals surface area contributed by atoms with Gasteiger partial charge in [0.1, 0.15) is 11.6 Å². The van der Waals surface area contributed by atoms with Gasteiger partial charge in [0, 0.05) is 32.1 Å². The highest BCUT2D eigenvalue weighted by Crippen LogP contribution is 2.42. The standard InChI is InChI=1S/C22H29FN2O3/c23-17-5-7-19(8-6-17)28-15-21(27)24-13-11-22(12-14-24)10-9-20(26)25(16-22)18-3-1-2-4-18/h5-8,18H,1-4,9-16H2. The van der Waals surface area contributed by atoms with E-state index in [0.29, 0.717) is 24.1 Å². The molecule has 0 radical (unpaired) electrons. The van der Waals surface area contributed by atoms with Gasteiger partial charge in [-0.05, 0) is 61.8 Å². The molecule has 6 heteroatoms. The first-order valence-corrected chi connectivity index (χ1v) is 10.5. The number of piperidine rings is 2. The fourth-order valence-corrected chi connectivity index (χ4v) is 5.00. The maximum Gasteiger partial charge on any atom is 0.260 e. The van der Waals surface area contributed by atoms with E-state index in [1.54, 1.807) is 0 Å². The number of benzene rings is 1. The molecule has 1 aliphatic carbocycles. The van der Waals surface area contributed by atoms with Crippen molar-refractivity contribution in [2.75, 3.05) is 26.2 Å². The molecule has 2 heterocycles. The van der Waals surface area contributed by atoms with Gasteiger partial charge >= 0.3 is 0 Å². The minimum atomic E-state index is -0.322. The Bertz CT molecular complexity index is 707. The maximum atomic E-state index is 12.9. The number of ether oxygens (including phenoxy) is 1. The van der Waals surface area contributed by atoms with E-state index in [1.807, 2.05) is 4.90 Å². The van der Waals surface area contributed by atoms with Gasteiger partial charge < -0.3 is 14.5 Å². The first-order chi connectivity index (χ1) is 13.5. The molecule has 1 aromatic carbocycles. The van der Waals surface area contributed by atoms with Gasteiger partial charge in [-0.3, -0.25) is 9.59 Å². The smallest absolute Gasteiger partial charge is 0.260 e. The normalized spacial score (nSPS) is 22.7. The molecule has 3 aliphatic rings. The third-order valence-corrected chi connectivity index (χ3v) is 6.81. The van der Waals surface area contributed by atoms with Crippen LogP contribution in [0.3, 0.4) is 0 Å². The minimum Gasteiger partial charge on any atom is -0.484 e. The summed E-state index contributed by atoms with van der Waals surface area (Å²) >= 11 is 0. The van der Waals surface area contributed by atoms with Crippen molar-refractivity contribution in [3.63, 3.8) is 0 Å². The van der Waals surface area contributed by atoms with Crippen molar-refractivity contribution in [3.05, 3.63) is 30.1 Å². The highest BCUT2D eigenvalue weighted by atomic mass is 19.1. The first-order valence-electron chi connectivity index (χ1n) is 10.5. The van der Waals surface area contributed by atoms with Gasteiger partial charge in [0.15, 0.2) is 6.61 Å². The number of rotatable bonds is 4. The van der Waals surface area contributed by atoms with Crippen molar-refractivity contribution < 1.29 is 18.7 Å².